The lowest BCUT2D eigenvalue weighted by atomic mass is 9.76. The molecule has 1 atom stereocenters. The molecule has 1 aromatic heterocycles. The average molecular weight is 279 g/mol. The quantitative estimate of drug-likeness (QED) is 0.796. The van der Waals surface area contributed by atoms with E-state index in [2.05, 4.69) is 26.0 Å². The minimum absolute atomic E-state index is 0.380. The molecular formula is C17H29NS. The molecule has 19 heavy (non-hydrogen) atoms. The molecule has 2 N–H and O–H groups in total. The minimum Gasteiger partial charge on any atom is -0.327 e. The van der Waals surface area contributed by atoms with E-state index in [0.717, 1.165) is 24.7 Å². The van der Waals surface area contributed by atoms with Gasteiger partial charge in [-0.3, -0.25) is 0 Å². The molecule has 1 aromatic rings. The summed E-state index contributed by atoms with van der Waals surface area (Å²) in [4.78, 5) is 2.98. The summed E-state index contributed by atoms with van der Waals surface area (Å²) < 4.78 is 0. The maximum atomic E-state index is 6.46. The van der Waals surface area contributed by atoms with Gasteiger partial charge in [0, 0.05) is 15.8 Å². The minimum atomic E-state index is 0.380. The van der Waals surface area contributed by atoms with E-state index in [1.807, 2.05) is 11.3 Å². The van der Waals surface area contributed by atoms with E-state index in [1.54, 1.807) is 0 Å². The van der Waals surface area contributed by atoms with Crippen LogP contribution in [0.25, 0.3) is 0 Å². The highest BCUT2D eigenvalue weighted by Gasteiger charge is 2.25. The fourth-order valence-electron chi connectivity index (χ4n) is 3.43. The van der Waals surface area contributed by atoms with Gasteiger partial charge in [-0.05, 0) is 49.7 Å². The Hall–Kier alpha value is -0.340. The zero-order valence-electron chi connectivity index (χ0n) is 12.5. The fourth-order valence-corrected chi connectivity index (χ4v) is 4.46. The third kappa shape index (κ3) is 4.32. The van der Waals surface area contributed by atoms with Crippen LogP contribution in [0.5, 0.6) is 0 Å². The molecule has 108 valence electrons. The van der Waals surface area contributed by atoms with Crippen molar-refractivity contribution in [2.45, 2.75) is 71.3 Å². The van der Waals surface area contributed by atoms with Crippen LogP contribution in [0.1, 0.15) is 62.1 Å². The van der Waals surface area contributed by atoms with Gasteiger partial charge in [-0.1, -0.05) is 39.5 Å². The molecule has 1 unspecified atom stereocenters. The maximum absolute atomic E-state index is 6.46. The Morgan fingerprint density at radius 3 is 2.42 bits per heavy atom. The molecule has 0 aromatic carbocycles. The molecule has 0 bridgehead atoms. The Balaban J connectivity index is 1.79. The van der Waals surface area contributed by atoms with Crippen LogP contribution in [0.3, 0.4) is 0 Å². The van der Waals surface area contributed by atoms with Gasteiger partial charge < -0.3 is 5.73 Å². The summed E-state index contributed by atoms with van der Waals surface area (Å²) in [5.74, 6) is 1.75. The van der Waals surface area contributed by atoms with Gasteiger partial charge in [0.2, 0.25) is 0 Å². The van der Waals surface area contributed by atoms with Crippen molar-refractivity contribution in [1.29, 1.82) is 0 Å². The monoisotopic (exact) mass is 279 g/mol. The second-order valence-corrected chi connectivity index (χ2v) is 7.41. The first kappa shape index (κ1) is 15.1. The smallest absolute Gasteiger partial charge is 0.0116 e. The Labute approximate surface area is 122 Å². The molecule has 1 aliphatic carbocycles. The fraction of sp³-hybridized carbons (Fsp3) is 0.765. The Bertz CT molecular complexity index is 363. The first-order valence-corrected chi connectivity index (χ1v) is 8.87. The van der Waals surface area contributed by atoms with Gasteiger partial charge in [-0.15, -0.1) is 11.3 Å². The van der Waals surface area contributed by atoms with E-state index in [9.17, 15) is 0 Å². The van der Waals surface area contributed by atoms with Crippen LogP contribution in [0.4, 0.5) is 0 Å². The van der Waals surface area contributed by atoms with Crippen molar-refractivity contribution in [2.75, 3.05) is 0 Å². The highest BCUT2D eigenvalue weighted by molar-refractivity contribution is 7.11. The summed E-state index contributed by atoms with van der Waals surface area (Å²) in [5.41, 5.74) is 6.46. The Kier molecular flexibility index (Phi) is 5.90. The molecule has 0 saturated heterocycles. The van der Waals surface area contributed by atoms with Crippen LogP contribution < -0.4 is 5.73 Å². The molecule has 2 rings (SSSR count). The van der Waals surface area contributed by atoms with Crippen molar-refractivity contribution >= 4 is 11.3 Å². The third-order valence-electron chi connectivity index (χ3n) is 4.70. The molecule has 0 amide bonds. The summed E-state index contributed by atoms with van der Waals surface area (Å²) in [6, 6.07) is 4.93. The molecular weight excluding hydrogens is 250 g/mol. The topological polar surface area (TPSA) is 26.0 Å². The van der Waals surface area contributed by atoms with Gasteiger partial charge >= 0.3 is 0 Å². The maximum Gasteiger partial charge on any atom is 0.0116 e. The highest BCUT2D eigenvalue weighted by Crippen LogP contribution is 2.34. The SMILES string of the molecule is CCCC1CCC(C(N)Cc2ccc(CC)s2)CC1. The first-order valence-electron chi connectivity index (χ1n) is 8.06. The number of hydrogen-bond donors (Lipinski definition) is 1. The number of rotatable bonds is 6. The number of thiophene rings is 1. The van der Waals surface area contributed by atoms with E-state index in [-0.39, 0.29) is 0 Å². The standard InChI is InChI=1S/C17H29NS/c1-3-5-13-6-8-14(9-7-13)17(18)12-16-11-10-15(4-2)19-16/h10-11,13-14,17H,3-9,12,18H2,1-2H3. The molecule has 0 radical (unpaired) electrons. The van der Waals surface area contributed by atoms with Crippen LogP contribution in [0.15, 0.2) is 12.1 Å². The molecule has 1 fully saturated rings. The van der Waals surface area contributed by atoms with E-state index in [0.29, 0.717) is 6.04 Å². The molecule has 2 heteroatoms. The normalized spacial score (nSPS) is 25.4. The highest BCUT2D eigenvalue weighted by atomic mass is 32.1. The van der Waals surface area contributed by atoms with Crippen LogP contribution in [-0.4, -0.2) is 6.04 Å². The van der Waals surface area contributed by atoms with Crippen LogP contribution >= 0.6 is 11.3 Å². The van der Waals surface area contributed by atoms with Crippen molar-refractivity contribution in [1.82, 2.24) is 0 Å². The zero-order valence-corrected chi connectivity index (χ0v) is 13.3. The Morgan fingerprint density at radius 1 is 1.16 bits per heavy atom. The molecule has 0 spiro atoms. The molecule has 1 nitrogen and oxygen atoms in total. The summed E-state index contributed by atoms with van der Waals surface area (Å²) in [6.45, 7) is 4.53. The van der Waals surface area contributed by atoms with Crippen molar-refractivity contribution < 1.29 is 0 Å². The molecule has 1 aliphatic rings. The predicted octanol–water partition coefficient (Wildman–Crippen LogP) is 4.79. The van der Waals surface area contributed by atoms with Gasteiger partial charge in [0.1, 0.15) is 0 Å². The second kappa shape index (κ2) is 7.44. The lowest BCUT2D eigenvalue weighted by Crippen LogP contribution is -2.34. The van der Waals surface area contributed by atoms with Crippen molar-refractivity contribution in [3.63, 3.8) is 0 Å². The van der Waals surface area contributed by atoms with Crippen LogP contribution in [0, 0.1) is 11.8 Å². The van der Waals surface area contributed by atoms with Crippen molar-refractivity contribution in [2.24, 2.45) is 17.6 Å². The first-order chi connectivity index (χ1) is 9.22. The summed E-state index contributed by atoms with van der Waals surface area (Å²) >= 11 is 1.95. The molecule has 1 saturated carbocycles. The third-order valence-corrected chi connectivity index (χ3v) is 5.95. The van der Waals surface area contributed by atoms with Crippen molar-refractivity contribution in [3.8, 4) is 0 Å². The average Bonchev–Trinajstić information content (AvgIpc) is 2.87. The largest absolute Gasteiger partial charge is 0.327 e. The van der Waals surface area contributed by atoms with Gasteiger partial charge in [0.15, 0.2) is 0 Å². The zero-order chi connectivity index (χ0) is 13.7. The summed E-state index contributed by atoms with van der Waals surface area (Å²) in [6.07, 6.45) is 10.6. The van der Waals surface area contributed by atoms with Gasteiger partial charge in [0.25, 0.3) is 0 Å². The number of nitrogens with two attached hydrogens (primary N) is 1. The lowest BCUT2D eigenvalue weighted by molar-refractivity contribution is 0.233. The van der Waals surface area contributed by atoms with E-state index in [4.69, 9.17) is 5.73 Å². The predicted molar refractivity (Wildman–Crippen MR) is 85.7 cm³/mol. The van der Waals surface area contributed by atoms with Crippen LogP contribution in [-0.2, 0) is 12.8 Å². The molecule has 0 aliphatic heterocycles. The van der Waals surface area contributed by atoms with Gasteiger partial charge in [-0.2, -0.15) is 0 Å². The van der Waals surface area contributed by atoms with Crippen LogP contribution in [0.2, 0.25) is 0 Å². The van der Waals surface area contributed by atoms with E-state index in [1.165, 1.54) is 48.3 Å². The van der Waals surface area contributed by atoms with E-state index < -0.39 is 0 Å². The number of hydrogen-bond acceptors (Lipinski definition) is 2. The molecule has 1 heterocycles. The van der Waals surface area contributed by atoms with E-state index >= 15 is 0 Å². The van der Waals surface area contributed by atoms with Crippen molar-refractivity contribution in [3.05, 3.63) is 21.9 Å². The summed E-state index contributed by atoms with van der Waals surface area (Å²) in [5, 5.41) is 0. The second-order valence-electron chi connectivity index (χ2n) is 6.16. The van der Waals surface area contributed by atoms with Gasteiger partial charge in [0.05, 0.1) is 0 Å². The summed E-state index contributed by atoms with van der Waals surface area (Å²) in [7, 11) is 0. The van der Waals surface area contributed by atoms with Gasteiger partial charge in [-0.25, -0.2) is 0 Å². The Morgan fingerprint density at radius 2 is 1.84 bits per heavy atom. The number of aryl methyl sites for hydroxylation is 1. The lowest BCUT2D eigenvalue weighted by Gasteiger charge is -2.32.